The van der Waals surface area contributed by atoms with Gasteiger partial charge in [-0.3, -0.25) is 10.1 Å². The van der Waals surface area contributed by atoms with Gasteiger partial charge in [-0.15, -0.1) is 0 Å². The molecule has 110 valence electrons. The minimum Gasteiger partial charge on any atom is -0.378 e. The third kappa shape index (κ3) is 4.56. The summed E-state index contributed by atoms with van der Waals surface area (Å²) < 4.78 is 11.3. The van der Waals surface area contributed by atoms with Gasteiger partial charge >= 0.3 is 0 Å². The summed E-state index contributed by atoms with van der Waals surface area (Å²) in [7, 11) is 0. The molecule has 2 unspecified atom stereocenters. The third-order valence-corrected chi connectivity index (χ3v) is 3.21. The van der Waals surface area contributed by atoms with Crippen LogP contribution in [0.2, 0.25) is 0 Å². The molecule has 2 atom stereocenters. The Morgan fingerprint density at radius 1 is 1.40 bits per heavy atom. The monoisotopic (exact) mass is 280 g/mol. The van der Waals surface area contributed by atoms with Crippen molar-refractivity contribution in [3.05, 3.63) is 39.9 Å². The second-order valence-electron chi connectivity index (χ2n) is 4.98. The molecule has 0 aromatic heterocycles. The predicted octanol–water partition coefficient (Wildman–Crippen LogP) is 1.53. The van der Waals surface area contributed by atoms with E-state index in [-0.39, 0.29) is 17.9 Å². The fourth-order valence-electron chi connectivity index (χ4n) is 2.16. The molecule has 1 heterocycles. The second kappa shape index (κ2) is 7.33. The van der Waals surface area contributed by atoms with Gasteiger partial charge in [-0.25, -0.2) is 0 Å². The lowest BCUT2D eigenvalue weighted by atomic mass is 10.1. The van der Waals surface area contributed by atoms with Crippen molar-refractivity contribution in [3.8, 4) is 0 Å². The van der Waals surface area contributed by atoms with Crippen LogP contribution in [0.1, 0.15) is 12.5 Å². The van der Waals surface area contributed by atoms with E-state index in [9.17, 15) is 10.1 Å². The highest BCUT2D eigenvalue weighted by Gasteiger charge is 2.18. The Balaban J connectivity index is 1.66. The van der Waals surface area contributed by atoms with Gasteiger partial charge in [-0.2, -0.15) is 0 Å². The SMILES string of the molecule is CC1CNCC(COCCc2ccc([N+](=O)[O-])cc2)O1. The maximum atomic E-state index is 10.5. The number of non-ortho nitro benzene ring substituents is 1. The fourth-order valence-corrected chi connectivity index (χ4v) is 2.16. The lowest BCUT2D eigenvalue weighted by molar-refractivity contribution is -0.384. The van der Waals surface area contributed by atoms with Crippen molar-refractivity contribution in [2.24, 2.45) is 0 Å². The Kier molecular flexibility index (Phi) is 5.46. The molecule has 1 aliphatic rings. The number of rotatable bonds is 6. The molecule has 0 spiro atoms. The fraction of sp³-hybridized carbons (Fsp3) is 0.571. The highest BCUT2D eigenvalue weighted by Crippen LogP contribution is 2.12. The maximum absolute atomic E-state index is 10.5. The molecule has 1 saturated heterocycles. The Bertz CT molecular complexity index is 435. The van der Waals surface area contributed by atoms with Gasteiger partial charge in [0.25, 0.3) is 5.69 Å². The number of benzene rings is 1. The van der Waals surface area contributed by atoms with Gasteiger partial charge < -0.3 is 14.8 Å². The summed E-state index contributed by atoms with van der Waals surface area (Å²) in [5, 5.41) is 13.8. The highest BCUT2D eigenvalue weighted by atomic mass is 16.6. The molecule has 1 N–H and O–H groups in total. The number of ether oxygens (including phenoxy) is 2. The van der Waals surface area contributed by atoms with Crippen LogP contribution in [-0.2, 0) is 15.9 Å². The average Bonchev–Trinajstić information content (AvgIpc) is 2.44. The zero-order valence-electron chi connectivity index (χ0n) is 11.6. The number of hydrogen-bond donors (Lipinski definition) is 1. The molecule has 2 rings (SSSR count). The third-order valence-electron chi connectivity index (χ3n) is 3.21. The Hall–Kier alpha value is -1.50. The van der Waals surface area contributed by atoms with Crippen molar-refractivity contribution in [2.45, 2.75) is 25.6 Å². The van der Waals surface area contributed by atoms with Crippen molar-refractivity contribution in [2.75, 3.05) is 26.3 Å². The van der Waals surface area contributed by atoms with E-state index in [0.717, 1.165) is 25.1 Å². The summed E-state index contributed by atoms with van der Waals surface area (Å²) in [6.45, 7) is 4.91. The van der Waals surface area contributed by atoms with Crippen LogP contribution >= 0.6 is 0 Å². The molecule has 0 amide bonds. The quantitative estimate of drug-likeness (QED) is 0.486. The topological polar surface area (TPSA) is 73.6 Å². The largest absolute Gasteiger partial charge is 0.378 e. The van der Waals surface area contributed by atoms with Gasteiger partial charge in [0.1, 0.15) is 0 Å². The van der Waals surface area contributed by atoms with Crippen LogP contribution in [0.15, 0.2) is 24.3 Å². The molecular formula is C14H20N2O4. The maximum Gasteiger partial charge on any atom is 0.269 e. The number of nitro benzene ring substituents is 1. The molecular weight excluding hydrogens is 260 g/mol. The van der Waals surface area contributed by atoms with E-state index in [1.54, 1.807) is 12.1 Å². The molecule has 6 nitrogen and oxygen atoms in total. The van der Waals surface area contributed by atoms with Crippen LogP contribution in [-0.4, -0.2) is 43.4 Å². The Morgan fingerprint density at radius 3 is 2.80 bits per heavy atom. The van der Waals surface area contributed by atoms with Gasteiger partial charge in [0, 0.05) is 25.2 Å². The van der Waals surface area contributed by atoms with Crippen molar-refractivity contribution in [1.82, 2.24) is 5.32 Å². The van der Waals surface area contributed by atoms with Gasteiger partial charge in [0.2, 0.25) is 0 Å². The van der Waals surface area contributed by atoms with Crippen molar-refractivity contribution in [1.29, 1.82) is 0 Å². The second-order valence-corrected chi connectivity index (χ2v) is 4.98. The number of nitrogens with one attached hydrogen (secondary N) is 1. The Morgan fingerprint density at radius 2 is 2.15 bits per heavy atom. The summed E-state index contributed by atoms with van der Waals surface area (Å²) >= 11 is 0. The minimum absolute atomic E-state index is 0.107. The summed E-state index contributed by atoms with van der Waals surface area (Å²) in [5.74, 6) is 0. The summed E-state index contributed by atoms with van der Waals surface area (Å²) in [6.07, 6.45) is 1.08. The van der Waals surface area contributed by atoms with E-state index in [1.807, 2.05) is 6.92 Å². The van der Waals surface area contributed by atoms with Crippen molar-refractivity contribution in [3.63, 3.8) is 0 Å². The first-order chi connectivity index (χ1) is 9.65. The summed E-state index contributed by atoms with van der Waals surface area (Å²) in [5.41, 5.74) is 1.15. The molecule has 0 bridgehead atoms. The zero-order chi connectivity index (χ0) is 14.4. The summed E-state index contributed by atoms with van der Waals surface area (Å²) in [4.78, 5) is 10.1. The molecule has 6 heteroatoms. The molecule has 20 heavy (non-hydrogen) atoms. The molecule has 0 radical (unpaired) electrons. The molecule has 1 aromatic carbocycles. The number of nitro groups is 1. The summed E-state index contributed by atoms with van der Waals surface area (Å²) in [6, 6.07) is 6.57. The van der Waals surface area contributed by atoms with E-state index < -0.39 is 4.92 Å². The normalized spacial score (nSPS) is 22.6. The molecule has 1 fully saturated rings. The first kappa shape index (κ1) is 14.9. The number of hydrogen-bond acceptors (Lipinski definition) is 5. The molecule has 0 aliphatic carbocycles. The molecule has 1 aliphatic heterocycles. The van der Waals surface area contributed by atoms with Crippen molar-refractivity contribution >= 4 is 5.69 Å². The number of morpholine rings is 1. The average molecular weight is 280 g/mol. The van der Waals surface area contributed by atoms with E-state index in [1.165, 1.54) is 12.1 Å². The van der Waals surface area contributed by atoms with Crippen LogP contribution in [0.5, 0.6) is 0 Å². The van der Waals surface area contributed by atoms with Crippen molar-refractivity contribution < 1.29 is 14.4 Å². The van der Waals surface area contributed by atoms with Crippen LogP contribution in [0.4, 0.5) is 5.69 Å². The predicted molar refractivity (Wildman–Crippen MR) is 74.8 cm³/mol. The van der Waals surface area contributed by atoms with Gasteiger partial charge in [-0.1, -0.05) is 12.1 Å². The van der Waals surface area contributed by atoms with Crippen LogP contribution in [0.25, 0.3) is 0 Å². The number of nitrogens with zero attached hydrogens (tertiary/aromatic N) is 1. The van der Waals surface area contributed by atoms with Gasteiger partial charge in [0.05, 0.1) is 30.3 Å². The van der Waals surface area contributed by atoms with Gasteiger partial charge in [0.15, 0.2) is 0 Å². The molecule has 0 saturated carbocycles. The van der Waals surface area contributed by atoms with E-state index in [4.69, 9.17) is 9.47 Å². The van der Waals surface area contributed by atoms with Gasteiger partial charge in [-0.05, 0) is 18.9 Å². The first-order valence-corrected chi connectivity index (χ1v) is 6.82. The van der Waals surface area contributed by atoms with E-state index in [0.29, 0.717) is 13.2 Å². The van der Waals surface area contributed by atoms with Crippen LogP contribution in [0, 0.1) is 10.1 Å². The van der Waals surface area contributed by atoms with Crippen LogP contribution in [0.3, 0.4) is 0 Å². The zero-order valence-corrected chi connectivity index (χ0v) is 11.6. The smallest absolute Gasteiger partial charge is 0.269 e. The van der Waals surface area contributed by atoms with Crippen LogP contribution < -0.4 is 5.32 Å². The minimum atomic E-state index is -0.394. The lowest BCUT2D eigenvalue weighted by Gasteiger charge is -2.28. The van der Waals surface area contributed by atoms with E-state index in [2.05, 4.69) is 5.32 Å². The highest BCUT2D eigenvalue weighted by molar-refractivity contribution is 5.32. The first-order valence-electron chi connectivity index (χ1n) is 6.82. The standard InChI is InChI=1S/C14H20N2O4/c1-11-8-15-9-14(20-11)10-19-7-6-12-2-4-13(5-3-12)16(17)18/h2-5,11,14-15H,6-10H2,1H3. The lowest BCUT2D eigenvalue weighted by Crippen LogP contribution is -2.45. The molecule has 1 aromatic rings. The Labute approximate surface area is 118 Å². The van der Waals surface area contributed by atoms with E-state index >= 15 is 0 Å².